The summed E-state index contributed by atoms with van der Waals surface area (Å²) in [5.41, 5.74) is 0.593. The van der Waals surface area contributed by atoms with Gasteiger partial charge in [-0.15, -0.1) is 0 Å². The SMILES string of the molecule is CC(=O)Oc1cccc(NC(=O)N2CCN(c3ccccn3)CC2)c1. The molecule has 25 heavy (non-hydrogen) atoms. The Hall–Kier alpha value is -3.09. The molecule has 1 N–H and O–H groups in total. The van der Waals surface area contributed by atoms with Crippen molar-refractivity contribution in [3.63, 3.8) is 0 Å². The van der Waals surface area contributed by atoms with E-state index in [1.165, 1.54) is 6.92 Å². The molecule has 1 fully saturated rings. The smallest absolute Gasteiger partial charge is 0.321 e. The summed E-state index contributed by atoms with van der Waals surface area (Å²) in [6.45, 7) is 4.04. The molecule has 0 radical (unpaired) electrons. The number of pyridine rings is 1. The van der Waals surface area contributed by atoms with Gasteiger partial charge in [-0.05, 0) is 24.3 Å². The van der Waals surface area contributed by atoms with Crippen LogP contribution in [0.15, 0.2) is 48.7 Å². The predicted molar refractivity (Wildman–Crippen MR) is 94.8 cm³/mol. The van der Waals surface area contributed by atoms with Crippen LogP contribution in [0.4, 0.5) is 16.3 Å². The molecule has 7 nitrogen and oxygen atoms in total. The molecule has 2 heterocycles. The summed E-state index contributed by atoms with van der Waals surface area (Å²) >= 11 is 0. The zero-order valence-electron chi connectivity index (χ0n) is 14.0. The molecular formula is C18H20N4O3. The van der Waals surface area contributed by atoms with Gasteiger partial charge in [0, 0.05) is 51.1 Å². The van der Waals surface area contributed by atoms with Crippen molar-refractivity contribution in [2.75, 3.05) is 36.4 Å². The molecule has 0 bridgehead atoms. The van der Waals surface area contributed by atoms with E-state index in [4.69, 9.17) is 4.74 Å². The number of esters is 1. The number of nitrogens with zero attached hydrogens (tertiary/aromatic N) is 3. The fraction of sp³-hybridized carbons (Fsp3) is 0.278. The summed E-state index contributed by atoms with van der Waals surface area (Å²) in [7, 11) is 0. The van der Waals surface area contributed by atoms with Crippen LogP contribution in [0.25, 0.3) is 0 Å². The number of amides is 2. The van der Waals surface area contributed by atoms with Crippen molar-refractivity contribution in [3.05, 3.63) is 48.7 Å². The second-order valence-corrected chi connectivity index (χ2v) is 5.71. The van der Waals surface area contributed by atoms with Gasteiger partial charge in [0.05, 0.1) is 0 Å². The van der Waals surface area contributed by atoms with Crippen molar-refractivity contribution in [1.82, 2.24) is 9.88 Å². The molecule has 0 saturated carbocycles. The number of urea groups is 1. The summed E-state index contributed by atoms with van der Waals surface area (Å²) in [5.74, 6) is 0.941. The minimum Gasteiger partial charge on any atom is -0.427 e. The molecule has 1 aromatic heterocycles. The quantitative estimate of drug-likeness (QED) is 0.686. The van der Waals surface area contributed by atoms with Crippen molar-refractivity contribution in [1.29, 1.82) is 0 Å². The second kappa shape index (κ2) is 7.65. The highest BCUT2D eigenvalue weighted by molar-refractivity contribution is 5.89. The van der Waals surface area contributed by atoms with Gasteiger partial charge in [-0.3, -0.25) is 4.79 Å². The van der Waals surface area contributed by atoms with E-state index in [1.807, 2.05) is 18.2 Å². The van der Waals surface area contributed by atoms with Gasteiger partial charge in [0.2, 0.25) is 0 Å². The highest BCUT2D eigenvalue weighted by Gasteiger charge is 2.21. The molecule has 7 heteroatoms. The Morgan fingerprint density at radius 3 is 2.56 bits per heavy atom. The Bertz CT molecular complexity index is 743. The number of anilines is 2. The van der Waals surface area contributed by atoms with Crippen molar-refractivity contribution >= 4 is 23.5 Å². The molecule has 0 aliphatic carbocycles. The molecule has 0 spiro atoms. The van der Waals surface area contributed by atoms with Crippen LogP contribution in [0.3, 0.4) is 0 Å². The first-order chi connectivity index (χ1) is 12.1. The van der Waals surface area contributed by atoms with Crippen LogP contribution >= 0.6 is 0 Å². The van der Waals surface area contributed by atoms with Gasteiger partial charge in [-0.1, -0.05) is 12.1 Å². The first kappa shape index (κ1) is 16.8. The van der Waals surface area contributed by atoms with E-state index in [2.05, 4.69) is 15.2 Å². The molecule has 0 unspecified atom stereocenters. The van der Waals surface area contributed by atoms with Crippen LogP contribution in [0.2, 0.25) is 0 Å². The summed E-state index contributed by atoms with van der Waals surface area (Å²) in [4.78, 5) is 31.7. The number of carbonyl (C=O) groups is 2. The number of piperazine rings is 1. The first-order valence-corrected chi connectivity index (χ1v) is 8.12. The number of ether oxygens (including phenoxy) is 1. The van der Waals surface area contributed by atoms with Gasteiger partial charge in [0.25, 0.3) is 0 Å². The molecule has 3 rings (SSSR count). The monoisotopic (exact) mass is 340 g/mol. The molecule has 1 aliphatic rings. The van der Waals surface area contributed by atoms with Crippen molar-refractivity contribution in [2.45, 2.75) is 6.92 Å². The fourth-order valence-corrected chi connectivity index (χ4v) is 2.69. The number of benzene rings is 1. The number of aromatic nitrogens is 1. The molecule has 1 aromatic carbocycles. The lowest BCUT2D eigenvalue weighted by molar-refractivity contribution is -0.131. The number of rotatable bonds is 3. The lowest BCUT2D eigenvalue weighted by atomic mass is 10.3. The summed E-state index contributed by atoms with van der Waals surface area (Å²) in [6.07, 6.45) is 1.77. The average Bonchev–Trinajstić information content (AvgIpc) is 2.62. The second-order valence-electron chi connectivity index (χ2n) is 5.71. The van der Waals surface area contributed by atoms with Gasteiger partial charge >= 0.3 is 12.0 Å². The highest BCUT2D eigenvalue weighted by atomic mass is 16.5. The zero-order valence-corrected chi connectivity index (χ0v) is 14.0. The Morgan fingerprint density at radius 2 is 1.88 bits per heavy atom. The van der Waals surface area contributed by atoms with Crippen molar-refractivity contribution in [3.8, 4) is 5.75 Å². The summed E-state index contributed by atoms with van der Waals surface area (Å²) < 4.78 is 5.03. The maximum Gasteiger partial charge on any atom is 0.321 e. The summed E-state index contributed by atoms with van der Waals surface area (Å²) in [6, 6.07) is 12.4. The standard InChI is InChI=1S/C18H20N4O3/c1-14(23)25-16-6-4-5-15(13-16)20-18(24)22-11-9-21(10-12-22)17-7-2-3-8-19-17/h2-8,13H,9-12H2,1H3,(H,20,24). The third kappa shape index (κ3) is 4.47. The Kier molecular flexibility index (Phi) is 5.13. The van der Waals surface area contributed by atoms with E-state index in [1.54, 1.807) is 35.4 Å². The third-order valence-corrected chi connectivity index (χ3v) is 3.89. The van der Waals surface area contributed by atoms with E-state index >= 15 is 0 Å². The van der Waals surface area contributed by atoms with E-state index in [9.17, 15) is 9.59 Å². The lowest BCUT2D eigenvalue weighted by Gasteiger charge is -2.35. The Balaban J connectivity index is 1.55. The molecular weight excluding hydrogens is 320 g/mol. The molecule has 2 amide bonds. The van der Waals surface area contributed by atoms with E-state index in [-0.39, 0.29) is 6.03 Å². The number of hydrogen-bond acceptors (Lipinski definition) is 5. The average molecular weight is 340 g/mol. The lowest BCUT2D eigenvalue weighted by Crippen LogP contribution is -2.50. The topological polar surface area (TPSA) is 74.8 Å². The van der Waals surface area contributed by atoms with Crippen LogP contribution < -0.4 is 15.0 Å². The molecule has 0 atom stereocenters. The van der Waals surface area contributed by atoms with Gasteiger partial charge in [0.1, 0.15) is 11.6 Å². The fourth-order valence-electron chi connectivity index (χ4n) is 2.69. The molecule has 1 saturated heterocycles. The van der Waals surface area contributed by atoms with Crippen LogP contribution in [-0.2, 0) is 4.79 Å². The van der Waals surface area contributed by atoms with E-state index in [0.29, 0.717) is 24.5 Å². The van der Waals surface area contributed by atoms with E-state index < -0.39 is 5.97 Å². The van der Waals surface area contributed by atoms with Crippen LogP contribution in [0.5, 0.6) is 5.75 Å². The summed E-state index contributed by atoms with van der Waals surface area (Å²) in [5, 5.41) is 2.84. The largest absolute Gasteiger partial charge is 0.427 e. The molecule has 1 aliphatic heterocycles. The maximum absolute atomic E-state index is 12.4. The van der Waals surface area contributed by atoms with Crippen LogP contribution in [0, 0.1) is 0 Å². The van der Waals surface area contributed by atoms with E-state index in [0.717, 1.165) is 18.9 Å². The minimum atomic E-state index is -0.394. The third-order valence-electron chi connectivity index (χ3n) is 3.89. The minimum absolute atomic E-state index is 0.166. The van der Waals surface area contributed by atoms with Gasteiger partial charge in [-0.25, -0.2) is 9.78 Å². The van der Waals surface area contributed by atoms with Gasteiger partial charge in [0.15, 0.2) is 0 Å². The number of nitrogens with one attached hydrogen (secondary N) is 1. The van der Waals surface area contributed by atoms with Crippen molar-refractivity contribution in [2.24, 2.45) is 0 Å². The van der Waals surface area contributed by atoms with Crippen molar-refractivity contribution < 1.29 is 14.3 Å². The zero-order chi connectivity index (χ0) is 17.6. The Morgan fingerprint density at radius 1 is 1.08 bits per heavy atom. The van der Waals surface area contributed by atoms with Gasteiger partial charge < -0.3 is 19.9 Å². The number of hydrogen-bond donors (Lipinski definition) is 1. The predicted octanol–water partition coefficient (Wildman–Crippen LogP) is 2.36. The van der Waals surface area contributed by atoms with Crippen LogP contribution in [-0.4, -0.2) is 48.1 Å². The number of carbonyl (C=O) groups excluding carboxylic acids is 2. The highest BCUT2D eigenvalue weighted by Crippen LogP contribution is 2.19. The maximum atomic E-state index is 12.4. The molecule has 2 aromatic rings. The normalized spacial score (nSPS) is 14.1. The van der Waals surface area contributed by atoms with Gasteiger partial charge in [-0.2, -0.15) is 0 Å². The Labute approximate surface area is 146 Å². The first-order valence-electron chi connectivity index (χ1n) is 8.12. The van der Waals surface area contributed by atoms with Crippen LogP contribution in [0.1, 0.15) is 6.92 Å². The molecule has 130 valence electrons.